The molecule has 0 saturated carbocycles. The summed E-state index contributed by atoms with van der Waals surface area (Å²) in [7, 11) is 0. The maximum Gasteiger partial charge on any atom is 0.137 e. The lowest BCUT2D eigenvalue weighted by atomic mass is 9.82. The van der Waals surface area contributed by atoms with Crippen molar-refractivity contribution in [3.63, 3.8) is 0 Å². The Balaban J connectivity index is 1.11. The van der Waals surface area contributed by atoms with Gasteiger partial charge in [-0.2, -0.15) is 0 Å². The number of ether oxygens (including phenoxy) is 1. The number of aromatic nitrogens is 2. The predicted molar refractivity (Wildman–Crippen MR) is 299 cm³/mol. The zero-order chi connectivity index (χ0) is 52.7. The average Bonchev–Trinajstić information content (AvgIpc) is 3.91. The van der Waals surface area contributed by atoms with Crippen LogP contribution in [-0.4, -0.2) is 16.2 Å². The number of pyridine rings is 1. The molecule has 2 aromatic heterocycles. The molecule has 0 amide bonds. The largest absolute Gasteiger partial charge is 0.457 e. The molecule has 9 heteroatoms. The van der Waals surface area contributed by atoms with Crippen LogP contribution in [-0.2, 0) is 16.2 Å². The van der Waals surface area contributed by atoms with Crippen LogP contribution in [0.2, 0.25) is 0 Å². The van der Waals surface area contributed by atoms with Crippen molar-refractivity contribution < 1.29 is 22.3 Å². The quantitative estimate of drug-likeness (QED) is 0.142. The molecule has 0 radical (unpaired) electrons. The van der Waals surface area contributed by atoms with E-state index in [1.54, 1.807) is 0 Å². The summed E-state index contributed by atoms with van der Waals surface area (Å²) in [6.07, 6.45) is 1.88. The van der Waals surface area contributed by atoms with Gasteiger partial charge in [0, 0.05) is 58.0 Å². The fourth-order valence-electron chi connectivity index (χ4n) is 10.6. The van der Waals surface area contributed by atoms with Crippen LogP contribution in [0.15, 0.2) is 176 Å². The number of nitrogens with zero attached hydrogens (tertiary/aromatic N) is 4. The average molecular weight is 999 g/mol. The van der Waals surface area contributed by atoms with E-state index in [0.29, 0.717) is 28.3 Å². The van der Waals surface area contributed by atoms with Crippen LogP contribution in [0.4, 0.5) is 40.3 Å². The van der Waals surface area contributed by atoms with Gasteiger partial charge in [-0.15, -0.1) is 0 Å². The first-order valence-electron chi connectivity index (χ1n) is 25.4. The molecule has 1 aliphatic rings. The molecule has 0 atom stereocenters. The zero-order valence-electron chi connectivity index (χ0n) is 43.7. The second kappa shape index (κ2) is 18.3. The Morgan fingerprint density at radius 1 is 0.440 bits per heavy atom. The number of para-hydroxylation sites is 3. The smallest absolute Gasteiger partial charge is 0.137 e. The van der Waals surface area contributed by atoms with Gasteiger partial charge in [0.1, 0.15) is 47.3 Å². The molecular formula is C66H58F4N4O. The molecule has 75 heavy (non-hydrogen) atoms. The van der Waals surface area contributed by atoms with E-state index in [1.807, 2.05) is 81.6 Å². The lowest BCUT2D eigenvalue weighted by Crippen LogP contribution is -2.25. The Morgan fingerprint density at radius 2 is 1.00 bits per heavy atom. The third-order valence-corrected chi connectivity index (χ3v) is 14.3. The van der Waals surface area contributed by atoms with E-state index in [1.165, 1.54) is 29.8 Å². The van der Waals surface area contributed by atoms with E-state index in [2.05, 4.69) is 135 Å². The van der Waals surface area contributed by atoms with Crippen LogP contribution < -0.4 is 14.5 Å². The molecule has 1 aliphatic heterocycles. The summed E-state index contributed by atoms with van der Waals surface area (Å²) < 4.78 is 70.8. The second-order valence-corrected chi connectivity index (χ2v) is 22.8. The summed E-state index contributed by atoms with van der Waals surface area (Å²) in [5.41, 5.74) is 10.9. The molecule has 0 unspecified atom stereocenters. The highest BCUT2D eigenvalue weighted by Gasteiger charge is 2.34. The molecule has 0 N–H and O–H groups in total. The van der Waals surface area contributed by atoms with Crippen molar-refractivity contribution in [3.8, 4) is 50.7 Å². The number of rotatable bonds is 8. The number of hydrogen-bond acceptors (Lipinski definition) is 4. The van der Waals surface area contributed by atoms with Crippen LogP contribution in [0, 0.1) is 23.3 Å². The summed E-state index contributed by atoms with van der Waals surface area (Å²) in [6, 6.07) is 52.3. The van der Waals surface area contributed by atoms with Gasteiger partial charge < -0.3 is 14.5 Å². The highest BCUT2D eigenvalue weighted by atomic mass is 19.1. The Morgan fingerprint density at radius 3 is 1.63 bits per heavy atom. The lowest BCUT2D eigenvalue weighted by molar-refractivity contribution is 0.483. The maximum atomic E-state index is 15.4. The molecule has 0 bridgehead atoms. The van der Waals surface area contributed by atoms with Crippen LogP contribution in [0.5, 0.6) is 11.5 Å². The summed E-state index contributed by atoms with van der Waals surface area (Å²) in [5, 5.41) is 2.17. The first-order valence-corrected chi connectivity index (χ1v) is 25.4. The Bertz CT molecular complexity index is 3760. The lowest BCUT2D eigenvalue weighted by Gasteiger charge is -2.30. The van der Waals surface area contributed by atoms with E-state index < -0.39 is 28.7 Å². The van der Waals surface area contributed by atoms with Gasteiger partial charge in [-0.3, -0.25) is 4.57 Å². The molecule has 0 spiro atoms. The molecule has 0 fully saturated rings. The van der Waals surface area contributed by atoms with Crippen molar-refractivity contribution in [1.29, 1.82) is 0 Å². The molecule has 5 nitrogen and oxygen atoms in total. The molecule has 8 aromatic carbocycles. The SMILES string of the molecule is CC(C)(C)c1ccnc(-n2c3ccccc3c3ccc(Oc4cc(-c5ccccc5C(C)(C)C)cc(N5CN(c6c(-c7cc(F)cc(F)c7)cc(C(C)(C)C)cc6-c6cc(F)cc(F)c6)c6ccccc65)c4)cc32)c1. The first-order chi connectivity index (χ1) is 35.7. The summed E-state index contributed by atoms with van der Waals surface area (Å²) in [5.74, 6) is -0.936. The standard InChI is InChI=1S/C66H58F4N4O/c1-64(2,3)43-24-25-71-62(34-43)74-58-19-13-11-17-53(58)54-23-22-50(38-61(54)74)75-51-31-42(52-16-10-12-18-57(52)66(7,8)9)30-49(37-51)72-39-73(60-21-15-14-20-59(60)72)63-55(40-26-45(67)35-46(68)27-40)32-44(65(4,5)6)33-56(63)41-28-47(69)36-48(70)29-41/h10-38H,39H2,1-9H3. The summed E-state index contributed by atoms with van der Waals surface area (Å²) >= 11 is 0. The topological polar surface area (TPSA) is 33.5 Å². The van der Waals surface area contributed by atoms with E-state index in [-0.39, 0.29) is 28.6 Å². The van der Waals surface area contributed by atoms with E-state index >= 15 is 17.6 Å². The molecule has 0 saturated heterocycles. The van der Waals surface area contributed by atoms with Crippen molar-refractivity contribution >= 4 is 44.6 Å². The van der Waals surface area contributed by atoms with Crippen molar-refractivity contribution in [2.75, 3.05) is 16.5 Å². The minimum Gasteiger partial charge on any atom is -0.457 e. The Kier molecular flexibility index (Phi) is 12.0. The van der Waals surface area contributed by atoms with Gasteiger partial charge in [-0.05, 0) is 146 Å². The minimum atomic E-state index is -0.745. The summed E-state index contributed by atoms with van der Waals surface area (Å²) in [4.78, 5) is 9.16. The van der Waals surface area contributed by atoms with Gasteiger partial charge in [0.15, 0.2) is 0 Å². The van der Waals surface area contributed by atoms with Gasteiger partial charge in [0.2, 0.25) is 0 Å². The maximum absolute atomic E-state index is 15.4. The van der Waals surface area contributed by atoms with E-state index in [9.17, 15) is 0 Å². The fraction of sp³-hybridized carbons (Fsp3) is 0.197. The molecule has 11 rings (SSSR count). The number of halogens is 4. The zero-order valence-corrected chi connectivity index (χ0v) is 43.7. The third-order valence-electron chi connectivity index (χ3n) is 14.3. The van der Waals surface area contributed by atoms with Crippen molar-refractivity contribution in [2.45, 2.75) is 78.6 Å². The van der Waals surface area contributed by atoms with Crippen LogP contribution in [0.3, 0.4) is 0 Å². The van der Waals surface area contributed by atoms with Gasteiger partial charge in [-0.1, -0.05) is 117 Å². The second-order valence-electron chi connectivity index (χ2n) is 22.8. The third kappa shape index (κ3) is 9.30. The van der Waals surface area contributed by atoms with Crippen molar-refractivity contribution in [1.82, 2.24) is 9.55 Å². The van der Waals surface area contributed by atoms with Gasteiger partial charge in [0.05, 0.1) is 28.1 Å². The first kappa shape index (κ1) is 49.1. The normalized spacial score (nSPS) is 13.0. The van der Waals surface area contributed by atoms with Gasteiger partial charge in [-0.25, -0.2) is 22.5 Å². The van der Waals surface area contributed by atoms with Crippen molar-refractivity contribution in [3.05, 3.63) is 216 Å². The summed E-state index contributed by atoms with van der Waals surface area (Å²) in [6.45, 7) is 19.5. The van der Waals surface area contributed by atoms with Gasteiger partial charge in [0.25, 0.3) is 0 Å². The van der Waals surface area contributed by atoms with Crippen LogP contribution in [0.1, 0.15) is 79.0 Å². The number of fused-ring (bicyclic) bond motifs is 4. The van der Waals surface area contributed by atoms with Crippen molar-refractivity contribution in [2.24, 2.45) is 0 Å². The van der Waals surface area contributed by atoms with E-state index in [4.69, 9.17) is 9.72 Å². The van der Waals surface area contributed by atoms with Crippen LogP contribution >= 0.6 is 0 Å². The fourth-order valence-corrected chi connectivity index (χ4v) is 10.6. The Labute approximate surface area is 436 Å². The Hall–Kier alpha value is -8.17. The minimum absolute atomic E-state index is 0.0885. The monoisotopic (exact) mass is 998 g/mol. The highest BCUT2D eigenvalue weighted by molar-refractivity contribution is 6.09. The molecule has 376 valence electrons. The molecule has 0 aliphatic carbocycles. The number of benzene rings is 8. The molecular weight excluding hydrogens is 941 g/mol. The molecule has 10 aromatic rings. The van der Waals surface area contributed by atoms with E-state index in [0.717, 1.165) is 79.1 Å². The number of hydrogen-bond donors (Lipinski definition) is 0. The number of anilines is 4. The predicted octanol–water partition coefficient (Wildman–Crippen LogP) is 18.7. The highest BCUT2D eigenvalue weighted by Crippen LogP contribution is 2.53. The van der Waals surface area contributed by atoms with Crippen LogP contribution in [0.25, 0.3) is 61.0 Å². The molecule has 3 heterocycles. The van der Waals surface area contributed by atoms with Gasteiger partial charge >= 0.3 is 0 Å².